The molecular formula is C12H14N4OS. The smallest absolute Gasteiger partial charge is 0.252 e. The first kappa shape index (κ1) is 13.9. The zero-order valence-corrected chi connectivity index (χ0v) is 11.0. The highest BCUT2D eigenvalue weighted by Gasteiger charge is 2.02. The van der Waals surface area contributed by atoms with Crippen LogP contribution in [0.3, 0.4) is 0 Å². The number of hydrogen-bond acceptors (Lipinski definition) is 3. The second-order valence-corrected chi connectivity index (χ2v) is 4.17. The number of nitrogens with zero attached hydrogens (tertiary/aromatic N) is 1. The number of hydrogen-bond donors (Lipinski definition) is 3. The standard InChI is InChI=1S/C12H14N4OS/c1-8-3-4-10(7-9(8)2)14-12(18)16-15-11(17)5-6-13/h3-4,7H,5H2,1-2H3,(H,15,17)(H2,14,16,18). The van der Waals surface area contributed by atoms with Crippen molar-refractivity contribution in [3.8, 4) is 6.07 Å². The molecule has 0 saturated heterocycles. The Bertz CT molecular complexity index is 507. The lowest BCUT2D eigenvalue weighted by Gasteiger charge is -2.11. The van der Waals surface area contributed by atoms with Crippen LogP contribution in [0.1, 0.15) is 17.5 Å². The molecule has 0 aliphatic carbocycles. The Kier molecular flexibility index (Phi) is 5.08. The summed E-state index contributed by atoms with van der Waals surface area (Å²) in [4.78, 5) is 11.0. The maximum absolute atomic E-state index is 11.0. The minimum absolute atomic E-state index is 0.209. The summed E-state index contributed by atoms with van der Waals surface area (Å²) in [6, 6.07) is 7.57. The monoisotopic (exact) mass is 262 g/mol. The molecule has 0 aliphatic rings. The van der Waals surface area contributed by atoms with Crippen molar-refractivity contribution in [2.45, 2.75) is 20.3 Å². The average molecular weight is 262 g/mol. The van der Waals surface area contributed by atoms with Gasteiger partial charge in [-0.25, -0.2) is 0 Å². The van der Waals surface area contributed by atoms with E-state index in [0.29, 0.717) is 0 Å². The van der Waals surface area contributed by atoms with Gasteiger partial charge in [-0.05, 0) is 49.3 Å². The largest absolute Gasteiger partial charge is 0.331 e. The molecule has 3 N–H and O–H groups in total. The van der Waals surface area contributed by atoms with Gasteiger partial charge in [-0.3, -0.25) is 15.6 Å². The van der Waals surface area contributed by atoms with Crippen molar-refractivity contribution in [3.63, 3.8) is 0 Å². The van der Waals surface area contributed by atoms with E-state index >= 15 is 0 Å². The van der Waals surface area contributed by atoms with Gasteiger partial charge < -0.3 is 5.32 Å². The molecule has 6 heteroatoms. The van der Waals surface area contributed by atoms with E-state index in [1.54, 1.807) is 6.07 Å². The van der Waals surface area contributed by atoms with E-state index in [1.165, 1.54) is 5.56 Å². The molecule has 5 nitrogen and oxygen atoms in total. The zero-order chi connectivity index (χ0) is 13.5. The van der Waals surface area contributed by atoms with E-state index in [1.807, 2.05) is 32.0 Å². The molecular weight excluding hydrogens is 248 g/mol. The lowest BCUT2D eigenvalue weighted by atomic mass is 10.1. The number of aryl methyl sites for hydroxylation is 2. The SMILES string of the molecule is Cc1ccc(NC(=S)NNC(=O)CC#N)cc1C. The molecule has 18 heavy (non-hydrogen) atoms. The Balaban J connectivity index is 2.47. The fourth-order valence-electron chi connectivity index (χ4n) is 1.22. The first-order valence-corrected chi connectivity index (χ1v) is 5.74. The molecule has 1 aromatic rings. The van der Waals surface area contributed by atoms with Gasteiger partial charge in [0.1, 0.15) is 6.42 Å². The molecule has 1 aromatic carbocycles. The average Bonchev–Trinajstić information content (AvgIpc) is 2.32. The third-order valence-electron chi connectivity index (χ3n) is 2.32. The van der Waals surface area contributed by atoms with Crippen molar-refractivity contribution in [3.05, 3.63) is 29.3 Å². The molecule has 0 spiro atoms. The summed E-state index contributed by atoms with van der Waals surface area (Å²) in [5.74, 6) is -0.429. The van der Waals surface area contributed by atoms with Crippen LogP contribution in [0, 0.1) is 25.2 Å². The van der Waals surface area contributed by atoms with Crippen molar-refractivity contribution < 1.29 is 4.79 Å². The molecule has 1 amide bonds. The topological polar surface area (TPSA) is 76.9 Å². The number of nitrogens with one attached hydrogen (secondary N) is 3. The van der Waals surface area contributed by atoms with E-state index in [2.05, 4.69) is 16.2 Å². The fraction of sp³-hybridized carbons (Fsp3) is 0.250. The zero-order valence-electron chi connectivity index (χ0n) is 10.2. The number of carbonyl (C=O) groups is 1. The van der Waals surface area contributed by atoms with Crippen LogP contribution in [0.15, 0.2) is 18.2 Å². The number of hydrazine groups is 1. The molecule has 0 unspecified atom stereocenters. The van der Waals surface area contributed by atoms with Crippen LogP contribution < -0.4 is 16.2 Å². The summed E-state index contributed by atoms with van der Waals surface area (Å²) >= 11 is 4.99. The molecule has 0 saturated carbocycles. The Labute approximate surface area is 111 Å². The number of benzene rings is 1. The Morgan fingerprint density at radius 2 is 2.06 bits per heavy atom. The highest BCUT2D eigenvalue weighted by atomic mass is 32.1. The van der Waals surface area contributed by atoms with Gasteiger partial charge in [-0.15, -0.1) is 0 Å². The molecule has 0 heterocycles. The summed E-state index contributed by atoms with van der Waals surface area (Å²) in [6.07, 6.45) is -0.209. The van der Waals surface area contributed by atoms with Gasteiger partial charge in [0, 0.05) is 5.69 Å². The van der Waals surface area contributed by atoms with Gasteiger partial charge in [0.2, 0.25) is 0 Å². The number of amides is 1. The number of anilines is 1. The van der Waals surface area contributed by atoms with E-state index in [4.69, 9.17) is 17.5 Å². The van der Waals surface area contributed by atoms with Gasteiger partial charge in [-0.1, -0.05) is 6.07 Å². The van der Waals surface area contributed by atoms with E-state index in [9.17, 15) is 4.79 Å². The second-order valence-electron chi connectivity index (χ2n) is 3.76. The molecule has 0 aliphatic heterocycles. The van der Waals surface area contributed by atoms with Crippen LogP contribution in [0.4, 0.5) is 5.69 Å². The van der Waals surface area contributed by atoms with Crippen molar-refractivity contribution >= 4 is 28.9 Å². The number of thiocarbonyl (C=S) groups is 1. The molecule has 0 bridgehead atoms. The van der Waals surface area contributed by atoms with Crippen LogP contribution in [0.25, 0.3) is 0 Å². The molecule has 0 radical (unpaired) electrons. The quantitative estimate of drug-likeness (QED) is 0.556. The predicted octanol–water partition coefficient (Wildman–Crippen LogP) is 1.53. The molecule has 1 rings (SSSR count). The molecule has 0 atom stereocenters. The summed E-state index contributed by atoms with van der Waals surface area (Å²) in [5.41, 5.74) is 8.02. The summed E-state index contributed by atoms with van der Waals surface area (Å²) in [6.45, 7) is 4.03. The van der Waals surface area contributed by atoms with Crippen molar-refractivity contribution in [2.75, 3.05) is 5.32 Å². The van der Waals surface area contributed by atoms with Crippen LogP contribution in [0.5, 0.6) is 0 Å². The summed E-state index contributed by atoms with van der Waals surface area (Å²) in [7, 11) is 0. The lowest BCUT2D eigenvalue weighted by molar-refractivity contribution is -0.120. The van der Waals surface area contributed by atoms with E-state index in [-0.39, 0.29) is 11.5 Å². The van der Waals surface area contributed by atoms with Crippen molar-refractivity contribution in [1.82, 2.24) is 10.9 Å². The molecule has 0 fully saturated rings. The van der Waals surface area contributed by atoms with Crippen LogP contribution in [-0.4, -0.2) is 11.0 Å². The number of rotatable bonds is 2. The van der Waals surface area contributed by atoms with Crippen LogP contribution in [0.2, 0.25) is 0 Å². The second kappa shape index (κ2) is 6.57. The van der Waals surface area contributed by atoms with E-state index in [0.717, 1.165) is 11.3 Å². The van der Waals surface area contributed by atoms with Crippen LogP contribution >= 0.6 is 12.2 Å². The molecule has 94 valence electrons. The first-order valence-electron chi connectivity index (χ1n) is 5.33. The normalized spacial score (nSPS) is 9.17. The first-order chi connectivity index (χ1) is 8.52. The van der Waals surface area contributed by atoms with Crippen LogP contribution in [-0.2, 0) is 4.79 Å². The summed E-state index contributed by atoms with van der Waals surface area (Å²) < 4.78 is 0. The van der Waals surface area contributed by atoms with Gasteiger partial charge >= 0.3 is 0 Å². The van der Waals surface area contributed by atoms with Gasteiger partial charge in [0.25, 0.3) is 5.91 Å². The highest BCUT2D eigenvalue weighted by molar-refractivity contribution is 7.80. The van der Waals surface area contributed by atoms with Gasteiger partial charge in [0.05, 0.1) is 6.07 Å². The predicted molar refractivity (Wildman–Crippen MR) is 73.6 cm³/mol. The summed E-state index contributed by atoms with van der Waals surface area (Å²) in [5, 5.41) is 11.5. The minimum Gasteiger partial charge on any atom is -0.331 e. The third-order valence-corrected chi connectivity index (χ3v) is 2.52. The maximum Gasteiger partial charge on any atom is 0.252 e. The fourth-order valence-corrected chi connectivity index (χ4v) is 1.39. The van der Waals surface area contributed by atoms with Gasteiger partial charge in [-0.2, -0.15) is 5.26 Å². The Hall–Kier alpha value is -2.13. The van der Waals surface area contributed by atoms with E-state index < -0.39 is 5.91 Å². The highest BCUT2D eigenvalue weighted by Crippen LogP contribution is 2.13. The lowest BCUT2D eigenvalue weighted by Crippen LogP contribution is -2.43. The Morgan fingerprint density at radius 1 is 1.33 bits per heavy atom. The minimum atomic E-state index is -0.429. The Morgan fingerprint density at radius 3 is 2.67 bits per heavy atom. The maximum atomic E-state index is 11.0. The number of nitriles is 1. The van der Waals surface area contributed by atoms with Crippen molar-refractivity contribution in [2.24, 2.45) is 0 Å². The van der Waals surface area contributed by atoms with Gasteiger partial charge in [0.15, 0.2) is 5.11 Å². The molecule has 0 aromatic heterocycles. The third kappa shape index (κ3) is 4.39. The number of carbonyl (C=O) groups excluding carboxylic acids is 1. The van der Waals surface area contributed by atoms with Crippen molar-refractivity contribution in [1.29, 1.82) is 5.26 Å².